The molecule has 2 rings (SSSR count). The molecule has 0 N–H and O–H groups in total. The van der Waals surface area contributed by atoms with Crippen molar-refractivity contribution in [3.63, 3.8) is 0 Å². The van der Waals surface area contributed by atoms with Gasteiger partial charge in [0.15, 0.2) is 0 Å². The molecule has 0 aromatic carbocycles. The monoisotopic (exact) mass is 395 g/mol. The molecule has 2 heterocycles. The molecule has 2 atom stereocenters. The predicted molar refractivity (Wildman–Crippen MR) is 107 cm³/mol. The van der Waals surface area contributed by atoms with E-state index in [0.29, 0.717) is 25.4 Å². The lowest BCUT2D eigenvalue weighted by atomic mass is 10.0. The fourth-order valence-electron chi connectivity index (χ4n) is 3.32. The van der Waals surface area contributed by atoms with E-state index in [1.807, 2.05) is 24.7 Å². The minimum absolute atomic E-state index is 0.0843. The van der Waals surface area contributed by atoms with Crippen LogP contribution in [0, 0.1) is 5.92 Å². The van der Waals surface area contributed by atoms with Crippen molar-refractivity contribution in [3.05, 3.63) is 11.9 Å². The zero-order chi connectivity index (χ0) is 20.4. The van der Waals surface area contributed by atoms with Gasteiger partial charge in [-0.15, -0.1) is 5.10 Å². The van der Waals surface area contributed by atoms with Gasteiger partial charge < -0.3 is 14.2 Å². The van der Waals surface area contributed by atoms with Gasteiger partial charge in [-0.05, 0) is 33.1 Å². The molecule has 0 amide bonds. The molecule has 7 nitrogen and oxygen atoms in total. The molecule has 28 heavy (non-hydrogen) atoms. The summed E-state index contributed by atoms with van der Waals surface area (Å²) >= 11 is 0. The predicted octanol–water partition coefficient (Wildman–Crippen LogP) is 3.55. The second-order valence-electron chi connectivity index (χ2n) is 8.24. The van der Waals surface area contributed by atoms with Crippen molar-refractivity contribution in [2.24, 2.45) is 5.92 Å². The lowest BCUT2D eigenvalue weighted by Crippen LogP contribution is -2.35. The summed E-state index contributed by atoms with van der Waals surface area (Å²) in [5, 5.41) is 8.33. The molecular formula is C21H37N3O4. The van der Waals surface area contributed by atoms with E-state index in [1.54, 1.807) is 0 Å². The molecule has 0 bridgehead atoms. The topological polar surface area (TPSA) is 75.5 Å². The van der Waals surface area contributed by atoms with Crippen molar-refractivity contribution in [2.45, 2.75) is 97.7 Å². The van der Waals surface area contributed by atoms with Crippen LogP contribution in [0.25, 0.3) is 0 Å². The largest absolute Gasteiger partial charge is 0.376 e. The summed E-state index contributed by atoms with van der Waals surface area (Å²) in [5.74, 6) is 0.495. The molecule has 0 saturated carbocycles. The lowest BCUT2D eigenvalue weighted by Gasteiger charge is -2.30. The van der Waals surface area contributed by atoms with Crippen molar-refractivity contribution in [3.8, 4) is 0 Å². The van der Waals surface area contributed by atoms with E-state index in [4.69, 9.17) is 14.2 Å². The van der Waals surface area contributed by atoms with Crippen molar-refractivity contribution in [1.29, 1.82) is 0 Å². The molecule has 0 radical (unpaired) electrons. The van der Waals surface area contributed by atoms with Gasteiger partial charge in [0.2, 0.25) is 0 Å². The van der Waals surface area contributed by atoms with Crippen molar-refractivity contribution >= 4 is 5.78 Å². The maximum atomic E-state index is 11.6. The smallest absolute Gasteiger partial charge is 0.135 e. The van der Waals surface area contributed by atoms with Gasteiger partial charge in [-0.2, -0.15) is 0 Å². The second-order valence-corrected chi connectivity index (χ2v) is 8.24. The summed E-state index contributed by atoms with van der Waals surface area (Å²) in [5.41, 5.74) is 0.834. The second kappa shape index (κ2) is 12.3. The Balaban J connectivity index is 1.58. The molecule has 1 aromatic rings. The Morgan fingerprint density at radius 1 is 1.29 bits per heavy atom. The lowest BCUT2D eigenvalue weighted by molar-refractivity contribution is -0.122. The number of unbranched alkanes of at least 4 members (excludes halogenated alkanes) is 2. The van der Waals surface area contributed by atoms with Crippen LogP contribution in [0.4, 0.5) is 0 Å². The van der Waals surface area contributed by atoms with Crippen LogP contribution < -0.4 is 0 Å². The molecule has 0 aliphatic carbocycles. The summed E-state index contributed by atoms with van der Waals surface area (Å²) < 4.78 is 19.3. The number of nitrogens with zero attached hydrogens (tertiary/aromatic N) is 3. The highest BCUT2D eigenvalue weighted by Gasteiger charge is 2.24. The van der Waals surface area contributed by atoms with Gasteiger partial charge in [-0.3, -0.25) is 9.48 Å². The zero-order valence-electron chi connectivity index (χ0n) is 17.9. The first-order chi connectivity index (χ1) is 13.4. The van der Waals surface area contributed by atoms with Crippen LogP contribution in [0.1, 0.15) is 71.9 Å². The highest BCUT2D eigenvalue weighted by molar-refractivity contribution is 5.80. The van der Waals surface area contributed by atoms with E-state index in [9.17, 15) is 4.79 Å². The third kappa shape index (κ3) is 8.80. The van der Waals surface area contributed by atoms with E-state index in [2.05, 4.69) is 24.2 Å². The first kappa shape index (κ1) is 23.0. The van der Waals surface area contributed by atoms with E-state index in [1.165, 1.54) is 0 Å². The van der Waals surface area contributed by atoms with Gasteiger partial charge in [-0.1, -0.05) is 25.5 Å². The number of carbonyl (C=O) groups excluding carboxylic acids is 1. The highest BCUT2D eigenvalue weighted by atomic mass is 16.5. The van der Waals surface area contributed by atoms with E-state index in [-0.39, 0.29) is 24.2 Å². The molecule has 0 unspecified atom stereocenters. The summed E-state index contributed by atoms with van der Waals surface area (Å²) in [6, 6.07) is 0. The first-order valence-corrected chi connectivity index (χ1v) is 10.7. The van der Waals surface area contributed by atoms with Crippen molar-refractivity contribution in [2.75, 3.05) is 13.2 Å². The van der Waals surface area contributed by atoms with E-state index in [0.717, 1.165) is 50.9 Å². The van der Waals surface area contributed by atoms with Crippen LogP contribution in [0.2, 0.25) is 0 Å². The number of carbonyl (C=O) groups is 1. The first-order valence-electron chi connectivity index (χ1n) is 10.7. The number of hydrogen-bond donors (Lipinski definition) is 0. The number of hydrogen-bond acceptors (Lipinski definition) is 6. The molecule has 160 valence electrons. The van der Waals surface area contributed by atoms with E-state index < -0.39 is 0 Å². The Bertz CT molecular complexity index is 574. The third-order valence-electron chi connectivity index (χ3n) is 4.88. The van der Waals surface area contributed by atoms with Crippen LogP contribution in [0.5, 0.6) is 0 Å². The molecule has 1 aliphatic heterocycles. The van der Waals surface area contributed by atoms with Crippen molar-refractivity contribution in [1.82, 2.24) is 15.0 Å². The fourth-order valence-corrected chi connectivity index (χ4v) is 3.32. The van der Waals surface area contributed by atoms with Gasteiger partial charge in [0.1, 0.15) is 11.5 Å². The minimum Gasteiger partial charge on any atom is -0.376 e. The maximum Gasteiger partial charge on any atom is 0.135 e. The maximum absolute atomic E-state index is 11.6. The Morgan fingerprint density at radius 2 is 2.11 bits per heavy atom. The number of ether oxygens (including phenoxy) is 3. The van der Waals surface area contributed by atoms with Gasteiger partial charge in [0.05, 0.1) is 37.7 Å². The number of rotatable bonds is 13. The van der Waals surface area contributed by atoms with Crippen LogP contribution in [0.15, 0.2) is 6.20 Å². The summed E-state index contributed by atoms with van der Waals surface area (Å²) in [6.45, 7) is 10.6. The van der Waals surface area contributed by atoms with Gasteiger partial charge in [-0.25, -0.2) is 0 Å². The van der Waals surface area contributed by atoms with Gasteiger partial charge >= 0.3 is 0 Å². The summed E-state index contributed by atoms with van der Waals surface area (Å²) in [6.07, 6.45) is 8.02. The Kier molecular flexibility index (Phi) is 10.1. The van der Waals surface area contributed by atoms with Gasteiger partial charge in [0, 0.05) is 31.9 Å². The Hall–Kier alpha value is -1.31. The molecule has 7 heteroatoms. The summed E-state index contributed by atoms with van der Waals surface area (Å²) in [4.78, 5) is 11.6. The average Bonchev–Trinajstić information content (AvgIpc) is 3.08. The third-order valence-corrected chi connectivity index (χ3v) is 4.88. The molecule has 0 spiro atoms. The number of ketones is 1. The number of aromatic nitrogens is 3. The highest BCUT2D eigenvalue weighted by Crippen LogP contribution is 2.19. The van der Waals surface area contributed by atoms with E-state index >= 15 is 0 Å². The standard InChI is InChI=1S/C21H37N3O4/c1-16(2)21(25)8-6-5-7-10-24-13-18(22-23-24)14-26-15-20-12-19(9-11-27-20)28-17(3)4/h13,16-17,19-20H,5-12,14-15H2,1-4H3/t19-,20-/m0/s1. The van der Waals surface area contributed by atoms with Crippen LogP contribution in [0.3, 0.4) is 0 Å². The SMILES string of the molecule is CC(C)O[C@H]1CCO[C@H](COCc2cn(CCCCCC(=O)C(C)C)nn2)C1. The van der Waals surface area contributed by atoms with Crippen LogP contribution in [-0.4, -0.2) is 52.3 Å². The number of Topliss-reactive ketones (excluding diaryl/α,β-unsaturated/α-hetero) is 1. The zero-order valence-corrected chi connectivity index (χ0v) is 17.9. The minimum atomic E-state index is 0.0843. The fraction of sp³-hybridized carbons (Fsp3) is 0.857. The molecular weight excluding hydrogens is 358 g/mol. The number of aryl methyl sites for hydroxylation is 1. The average molecular weight is 396 g/mol. The summed E-state index contributed by atoms with van der Waals surface area (Å²) in [7, 11) is 0. The van der Waals surface area contributed by atoms with Crippen LogP contribution in [-0.2, 0) is 32.2 Å². The molecule has 1 aromatic heterocycles. The molecule has 1 fully saturated rings. The Labute approximate surface area is 169 Å². The van der Waals surface area contributed by atoms with Crippen LogP contribution >= 0.6 is 0 Å². The molecule has 1 aliphatic rings. The Morgan fingerprint density at radius 3 is 2.86 bits per heavy atom. The normalized spacial score (nSPS) is 20.2. The quantitative estimate of drug-likeness (QED) is 0.476. The van der Waals surface area contributed by atoms with Gasteiger partial charge in [0.25, 0.3) is 0 Å². The molecule has 1 saturated heterocycles. The van der Waals surface area contributed by atoms with Crippen molar-refractivity contribution < 1.29 is 19.0 Å².